The third-order valence-corrected chi connectivity index (χ3v) is 5.00. The van der Waals surface area contributed by atoms with Crippen LogP contribution in [-0.2, 0) is 6.54 Å². The summed E-state index contributed by atoms with van der Waals surface area (Å²) >= 11 is 0. The zero-order valence-corrected chi connectivity index (χ0v) is 19.3. The number of rotatable bonds is 10. The lowest BCUT2D eigenvalue weighted by atomic mass is 10.2. The van der Waals surface area contributed by atoms with Crippen LogP contribution in [0.25, 0.3) is 11.5 Å². The lowest BCUT2D eigenvalue weighted by molar-refractivity contribution is 0.324. The second kappa shape index (κ2) is 10.4. The first-order valence-corrected chi connectivity index (χ1v) is 10.4. The molecule has 4 rings (SSSR count). The van der Waals surface area contributed by atoms with Gasteiger partial charge in [0.2, 0.25) is 5.75 Å². The highest BCUT2D eigenvalue weighted by atomic mass is 16.5. The summed E-state index contributed by atoms with van der Waals surface area (Å²) in [5.74, 6) is 3.24. The second-order valence-corrected chi connectivity index (χ2v) is 7.05. The van der Waals surface area contributed by atoms with Crippen molar-refractivity contribution in [2.75, 3.05) is 39.1 Å². The van der Waals surface area contributed by atoms with Crippen LogP contribution in [0.1, 0.15) is 5.56 Å². The SMILES string of the molecule is COc1ccc(CNc2ncccc2-c2nnc(Nc3cc(OC)c(OC)c(OC)c3)o2)cc1. The molecule has 0 amide bonds. The van der Waals surface area contributed by atoms with Gasteiger partial charge in [-0.3, -0.25) is 0 Å². The molecular formula is C24H25N5O5. The molecule has 0 aliphatic heterocycles. The average Bonchev–Trinajstić information content (AvgIpc) is 3.35. The van der Waals surface area contributed by atoms with Gasteiger partial charge in [0.15, 0.2) is 11.5 Å². The number of benzene rings is 2. The van der Waals surface area contributed by atoms with Gasteiger partial charge in [-0.2, -0.15) is 0 Å². The van der Waals surface area contributed by atoms with Crippen molar-refractivity contribution in [3.63, 3.8) is 0 Å². The number of anilines is 3. The molecule has 0 spiro atoms. The van der Waals surface area contributed by atoms with E-state index in [2.05, 4.69) is 25.8 Å². The highest BCUT2D eigenvalue weighted by molar-refractivity contribution is 5.70. The normalized spacial score (nSPS) is 10.5. The Labute approximate surface area is 196 Å². The summed E-state index contributed by atoms with van der Waals surface area (Å²) in [6.07, 6.45) is 1.70. The van der Waals surface area contributed by atoms with E-state index in [-0.39, 0.29) is 6.01 Å². The number of ether oxygens (including phenoxy) is 4. The molecule has 10 nitrogen and oxygen atoms in total. The first-order valence-electron chi connectivity index (χ1n) is 10.4. The first-order chi connectivity index (χ1) is 16.6. The maximum atomic E-state index is 5.86. The van der Waals surface area contributed by atoms with Crippen LogP contribution in [0.2, 0.25) is 0 Å². The fourth-order valence-corrected chi connectivity index (χ4v) is 3.31. The number of methoxy groups -OCH3 is 4. The first kappa shape index (κ1) is 22.7. The van der Waals surface area contributed by atoms with Gasteiger partial charge in [-0.05, 0) is 29.8 Å². The van der Waals surface area contributed by atoms with Gasteiger partial charge in [0, 0.05) is 24.9 Å². The molecule has 34 heavy (non-hydrogen) atoms. The maximum Gasteiger partial charge on any atom is 0.320 e. The van der Waals surface area contributed by atoms with Gasteiger partial charge in [-0.1, -0.05) is 17.2 Å². The zero-order valence-electron chi connectivity index (χ0n) is 19.3. The molecule has 2 aromatic carbocycles. The van der Waals surface area contributed by atoms with Crippen LogP contribution in [0.5, 0.6) is 23.0 Å². The second-order valence-electron chi connectivity index (χ2n) is 7.05. The van der Waals surface area contributed by atoms with Gasteiger partial charge in [-0.25, -0.2) is 4.98 Å². The van der Waals surface area contributed by atoms with Crippen molar-refractivity contribution in [1.29, 1.82) is 0 Å². The van der Waals surface area contributed by atoms with Crippen LogP contribution in [0.15, 0.2) is 59.1 Å². The zero-order chi connectivity index (χ0) is 23.9. The van der Waals surface area contributed by atoms with E-state index in [1.54, 1.807) is 46.8 Å². The minimum absolute atomic E-state index is 0.203. The Bertz CT molecular complexity index is 1220. The molecule has 0 radical (unpaired) electrons. The molecule has 4 aromatic rings. The molecule has 0 bridgehead atoms. The Morgan fingerprint density at radius 2 is 1.59 bits per heavy atom. The van der Waals surface area contributed by atoms with E-state index in [9.17, 15) is 0 Å². The standard InChI is InChI=1S/C24H25N5O5/c1-30-17-9-7-15(8-10-17)14-26-22-18(6-5-11-25-22)23-28-29-24(34-23)27-16-12-19(31-2)21(33-4)20(13-16)32-3/h5-13H,14H2,1-4H3,(H,25,26)(H,27,29). The van der Waals surface area contributed by atoms with Crippen molar-refractivity contribution in [2.24, 2.45) is 0 Å². The monoisotopic (exact) mass is 463 g/mol. The summed E-state index contributed by atoms with van der Waals surface area (Å²) in [6.45, 7) is 0.568. The van der Waals surface area contributed by atoms with E-state index >= 15 is 0 Å². The number of aromatic nitrogens is 3. The molecule has 0 atom stereocenters. The van der Waals surface area contributed by atoms with Gasteiger partial charge >= 0.3 is 6.01 Å². The van der Waals surface area contributed by atoms with Crippen LogP contribution < -0.4 is 29.6 Å². The molecule has 176 valence electrons. The Hall–Kier alpha value is -4.47. The molecule has 0 fully saturated rings. The molecule has 2 heterocycles. The number of nitrogens with one attached hydrogen (secondary N) is 2. The number of hydrogen-bond donors (Lipinski definition) is 2. The fraction of sp³-hybridized carbons (Fsp3) is 0.208. The van der Waals surface area contributed by atoms with Crippen LogP contribution >= 0.6 is 0 Å². The maximum absolute atomic E-state index is 5.86. The molecule has 0 unspecified atom stereocenters. The van der Waals surface area contributed by atoms with Crippen molar-refractivity contribution < 1.29 is 23.4 Å². The number of hydrogen-bond acceptors (Lipinski definition) is 10. The predicted molar refractivity (Wildman–Crippen MR) is 127 cm³/mol. The molecule has 0 saturated heterocycles. The Morgan fingerprint density at radius 3 is 2.24 bits per heavy atom. The van der Waals surface area contributed by atoms with E-state index in [0.29, 0.717) is 46.8 Å². The largest absolute Gasteiger partial charge is 0.497 e. The number of pyridine rings is 1. The molecule has 0 aliphatic carbocycles. The minimum atomic E-state index is 0.203. The van der Waals surface area contributed by atoms with E-state index < -0.39 is 0 Å². The molecule has 2 aromatic heterocycles. The van der Waals surface area contributed by atoms with Crippen molar-refractivity contribution in [3.05, 3.63) is 60.3 Å². The van der Waals surface area contributed by atoms with Crippen molar-refractivity contribution in [2.45, 2.75) is 6.54 Å². The van der Waals surface area contributed by atoms with Gasteiger partial charge in [0.1, 0.15) is 11.6 Å². The summed E-state index contributed by atoms with van der Waals surface area (Å²) in [4.78, 5) is 4.43. The topological polar surface area (TPSA) is 113 Å². The summed E-state index contributed by atoms with van der Waals surface area (Å²) in [7, 11) is 6.29. The summed E-state index contributed by atoms with van der Waals surface area (Å²) in [5, 5.41) is 14.7. The van der Waals surface area contributed by atoms with Gasteiger partial charge in [-0.15, -0.1) is 5.10 Å². The Balaban J connectivity index is 1.52. The Morgan fingerprint density at radius 1 is 0.853 bits per heavy atom. The minimum Gasteiger partial charge on any atom is -0.497 e. The third-order valence-electron chi connectivity index (χ3n) is 5.00. The van der Waals surface area contributed by atoms with Crippen molar-refractivity contribution in [1.82, 2.24) is 15.2 Å². The van der Waals surface area contributed by atoms with E-state index in [0.717, 1.165) is 11.3 Å². The highest BCUT2D eigenvalue weighted by Gasteiger charge is 2.17. The van der Waals surface area contributed by atoms with Gasteiger partial charge < -0.3 is 34.0 Å². The van der Waals surface area contributed by atoms with Crippen molar-refractivity contribution >= 4 is 17.5 Å². The predicted octanol–water partition coefficient (Wildman–Crippen LogP) is 4.52. The summed E-state index contributed by atoms with van der Waals surface area (Å²) in [6, 6.07) is 15.2. The summed E-state index contributed by atoms with van der Waals surface area (Å²) < 4.78 is 27.2. The van der Waals surface area contributed by atoms with Crippen LogP contribution in [-0.4, -0.2) is 43.6 Å². The number of nitrogens with zero attached hydrogens (tertiary/aromatic N) is 3. The molecular weight excluding hydrogens is 438 g/mol. The van der Waals surface area contributed by atoms with E-state index in [4.69, 9.17) is 23.4 Å². The third kappa shape index (κ3) is 4.96. The smallest absolute Gasteiger partial charge is 0.320 e. The van der Waals surface area contributed by atoms with Gasteiger partial charge in [0.05, 0.1) is 39.7 Å². The quantitative estimate of drug-likeness (QED) is 0.348. The molecule has 2 N–H and O–H groups in total. The average molecular weight is 463 g/mol. The lowest BCUT2D eigenvalue weighted by Gasteiger charge is -2.13. The van der Waals surface area contributed by atoms with Crippen LogP contribution in [0.4, 0.5) is 17.5 Å². The van der Waals surface area contributed by atoms with Gasteiger partial charge in [0.25, 0.3) is 5.89 Å². The molecule has 10 heteroatoms. The van der Waals surface area contributed by atoms with E-state index in [1.165, 1.54) is 0 Å². The van der Waals surface area contributed by atoms with Crippen molar-refractivity contribution in [3.8, 4) is 34.5 Å². The molecule has 0 saturated carbocycles. The molecule has 0 aliphatic rings. The fourth-order valence-electron chi connectivity index (χ4n) is 3.31. The van der Waals surface area contributed by atoms with Crippen LogP contribution in [0.3, 0.4) is 0 Å². The Kier molecular flexibility index (Phi) is 6.97. The lowest BCUT2D eigenvalue weighted by Crippen LogP contribution is -2.03. The highest BCUT2D eigenvalue weighted by Crippen LogP contribution is 2.40. The van der Waals surface area contributed by atoms with Crippen LogP contribution in [0, 0.1) is 0 Å². The van der Waals surface area contributed by atoms with E-state index in [1.807, 2.05) is 36.4 Å². The summed E-state index contributed by atoms with van der Waals surface area (Å²) in [5.41, 5.74) is 2.39.